The lowest BCUT2D eigenvalue weighted by molar-refractivity contribution is -0.145. The molecule has 0 aromatic heterocycles. The van der Waals surface area contributed by atoms with E-state index in [9.17, 15) is 9.18 Å². The van der Waals surface area contributed by atoms with E-state index in [0.29, 0.717) is 25.4 Å². The second kappa shape index (κ2) is 6.22. The number of halogens is 1. The minimum absolute atomic E-state index is 0.0918. The molecule has 0 unspecified atom stereocenters. The molecule has 1 aromatic carbocycles. The molecule has 1 aliphatic carbocycles. The third kappa shape index (κ3) is 3.10. The average molecular weight is 280 g/mol. The molecule has 1 fully saturated rings. The Bertz CT molecular complexity index is 469. The maximum absolute atomic E-state index is 13.0. The summed E-state index contributed by atoms with van der Waals surface area (Å²) in [6.45, 7) is 1.21. The molecule has 1 aromatic rings. The first kappa shape index (κ1) is 14.8. The molecule has 0 spiro atoms. The highest BCUT2D eigenvalue weighted by Gasteiger charge is 2.44. The zero-order valence-electron chi connectivity index (χ0n) is 11.8. The molecule has 0 heterocycles. The fraction of sp³-hybridized carbons (Fsp3) is 0.533. The van der Waals surface area contributed by atoms with E-state index in [1.807, 2.05) is 0 Å². The Morgan fingerprint density at radius 1 is 1.50 bits per heavy atom. The molecule has 2 rings (SSSR count). The fourth-order valence-corrected chi connectivity index (χ4v) is 2.47. The number of carbonyl (C=O) groups excluding carboxylic acids is 1. The van der Waals surface area contributed by atoms with Crippen molar-refractivity contribution in [1.82, 2.24) is 4.90 Å². The van der Waals surface area contributed by atoms with E-state index in [0.717, 1.165) is 19.3 Å². The Hall–Kier alpha value is -1.62. The predicted octanol–water partition coefficient (Wildman–Crippen LogP) is 1.79. The summed E-state index contributed by atoms with van der Waals surface area (Å²) in [5, 5.41) is 0. The summed E-state index contributed by atoms with van der Waals surface area (Å²) in [7, 11) is 1.76. The van der Waals surface area contributed by atoms with Gasteiger partial charge in [0, 0.05) is 19.7 Å². The lowest BCUT2D eigenvalue weighted by Crippen LogP contribution is -2.51. The molecule has 0 atom stereocenters. The van der Waals surface area contributed by atoms with Gasteiger partial charge >= 0.3 is 0 Å². The van der Waals surface area contributed by atoms with Gasteiger partial charge < -0.3 is 15.4 Å². The fourth-order valence-electron chi connectivity index (χ4n) is 2.47. The van der Waals surface area contributed by atoms with Crippen LogP contribution in [0.4, 0.5) is 4.39 Å². The largest absolute Gasteiger partial charge is 0.492 e. The van der Waals surface area contributed by atoms with E-state index in [2.05, 4.69) is 0 Å². The van der Waals surface area contributed by atoms with E-state index in [-0.39, 0.29) is 17.1 Å². The Balaban J connectivity index is 1.80. The van der Waals surface area contributed by atoms with E-state index in [4.69, 9.17) is 10.5 Å². The van der Waals surface area contributed by atoms with Crippen LogP contribution in [0.25, 0.3) is 0 Å². The SMILES string of the molecule is CN(CCOc1cccc(F)c1)C(=O)C1(CN)CCC1. The Morgan fingerprint density at radius 3 is 2.80 bits per heavy atom. The summed E-state index contributed by atoms with van der Waals surface area (Å²) in [5.74, 6) is 0.237. The molecule has 5 heteroatoms. The minimum atomic E-state index is -0.354. The molecule has 0 radical (unpaired) electrons. The molecule has 110 valence electrons. The van der Waals surface area contributed by atoms with Gasteiger partial charge in [0.2, 0.25) is 5.91 Å². The number of hydrogen-bond donors (Lipinski definition) is 1. The molecular formula is C15H21FN2O2. The second-order valence-corrected chi connectivity index (χ2v) is 5.37. The van der Waals surface area contributed by atoms with Crippen LogP contribution in [0.3, 0.4) is 0 Å². The summed E-state index contributed by atoms with van der Waals surface area (Å²) < 4.78 is 18.4. The first-order valence-corrected chi connectivity index (χ1v) is 6.91. The Morgan fingerprint density at radius 2 is 2.25 bits per heavy atom. The van der Waals surface area contributed by atoms with Crippen molar-refractivity contribution in [3.05, 3.63) is 30.1 Å². The van der Waals surface area contributed by atoms with Crippen LogP contribution in [0.5, 0.6) is 5.75 Å². The number of likely N-dealkylation sites (N-methyl/N-ethyl adjacent to an activating group) is 1. The van der Waals surface area contributed by atoms with E-state index < -0.39 is 0 Å². The third-order valence-corrected chi connectivity index (χ3v) is 3.99. The first-order chi connectivity index (χ1) is 9.57. The number of hydrogen-bond acceptors (Lipinski definition) is 3. The van der Waals surface area contributed by atoms with Gasteiger partial charge in [0.1, 0.15) is 18.2 Å². The lowest BCUT2D eigenvalue weighted by Gasteiger charge is -2.41. The number of amides is 1. The summed E-state index contributed by atoms with van der Waals surface area (Å²) >= 11 is 0. The van der Waals surface area contributed by atoms with Crippen molar-refractivity contribution in [2.75, 3.05) is 26.7 Å². The molecule has 0 bridgehead atoms. The molecule has 0 saturated heterocycles. The average Bonchev–Trinajstić information content (AvgIpc) is 2.38. The highest BCUT2D eigenvalue weighted by atomic mass is 19.1. The number of nitrogens with zero attached hydrogens (tertiary/aromatic N) is 1. The molecule has 1 saturated carbocycles. The Kier molecular flexibility index (Phi) is 4.60. The van der Waals surface area contributed by atoms with Crippen LogP contribution in [-0.2, 0) is 4.79 Å². The van der Waals surface area contributed by atoms with Crippen LogP contribution >= 0.6 is 0 Å². The van der Waals surface area contributed by atoms with Crippen LogP contribution in [0.1, 0.15) is 19.3 Å². The van der Waals surface area contributed by atoms with Crippen LogP contribution in [-0.4, -0.2) is 37.6 Å². The summed E-state index contributed by atoms with van der Waals surface area (Å²) in [6.07, 6.45) is 2.81. The zero-order chi connectivity index (χ0) is 14.6. The normalized spacial score (nSPS) is 16.4. The van der Waals surface area contributed by atoms with Gasteiger partial charge in [-0.1, -0.05) is 12.5 Å². The van der Waals surface area contributed by atoms with Gasteiger partial charge in [0.25, 0.3) is 0 Å². The van der Waals surface area contributed by atoms with Crippen molar-refractivity contribution in [2.24, 2.45) is 11.1 Å². The van der Waals surface area contributed by atoms with Crippen molar-refractivity contribution in [3.63, 3.8) is 0 Å². The van der Waals surface area contributed by atoms with Gasteiger partial charge in [-0.2, -0.15) is 0 Å². The number of ether oxygens (including phenoxy) is 1. The molecule has 0 aliphatic heterocycles. The number of benzene rings is 1. The van der Waals surface area contributed by atoms with Crippen LogP contribution in [0, 0.1) is 11.2 Å². The first-order valence-electron chi connectivity index (χ1n) is 6.91. The minimum Gasteiger partial charge on any atom is -0.492 e. The molecule has 1 amide bonds. The Labute approximate surface area is 118 Å². The van der Waals surface area contributed by atoms with Gasteiger partial charge in [-0.05, 0) is 25.0 Å². The number of nitrogens with two attached hydrogens (primary N) is 1. The number of rotatable bonds is 6. The smallest absolute Gasteiger partial charge is 0.229 e. The van der Waals surface area contributed by atoms with E-state index in [1.54, 1.807) is 24.1 Å². The molecule has 20 heavy (non-hydrogen) atoms. The van der Waals surface area contributed by atoms with Crippen molar-refractivity contribution < 1.29 is 13.9 Å². The highest BCUT2D eigenvalue weighted by molar-refractivity contribution is 5.83. The molecule has 4 nitrogen and oxygen atoms in total. The summed E-state index contributed by atoms with van der Waals surface area (Å²) in [6, 6.07) is 5.98. The third-order valence-electron chi connectivity index (χ3n) is 3.99. The van der Waals surface area contributed by atoms with Gasteiger partial charge in [-0.3, -0.25) is 4.79 Å². The second-order valence-electron chi connectivity index (χ2n) is 5.37. The summed E-state index contributed by atoms with van der Waals surface area (Å²) in [5.41, 5.74) is 5.37. The van der Waals surface area contributed by atoms with Gasteiger partial charge in [-0.15, -0.1) is 0 Å². The maximum atomic E-state index is 13.0. The van der Waals surface area contributed by atoms with Crippen molar-refractivity contribution in [2.45, 2.75) is 19.3 Å². The van der Waals surface area contributed by atoms with Gasteiger partial charge in [-0.25, -0.2) is 4.39 Å². The quantitative estimate of drug-likeness (QED) is 0.864. The van der Waals surface area contributed by atoms with Crippen molar-refractivity contribution >= 4 is 5.91 Å². The predicted molar refractivity (Wildman–Crippen MR) is 74.9 cm³/mol. The standard InChI is InChI=1S/C15H21FN2O2/c1-18(14(19)15(11-17)6-3-7-15)8-9-20-13-5-2-4-12(16)10-13/h2,4-5,10H,3,6-9,11,17H2,1H3. The number of carbonyl (C=O) groups is 1. The van der Waals surface area contributed by atoms with Crippen molar-refractivity contribution in [3.8, 4) is 5.75 Å². The van der Waals surface area contributed by atoms with Crippen LogP contribution in [0.15, 0.2) is 24.3 Å². The highest BCUT2D eigenvalue weighted by Crippen LogP contribution is 2.41. The van der Waals surface area contributed by atoms with Crippen LogP contribution < -0.4 is 10.5 Å². The monoisotopic (exact) mass is 280 g/mol. The zero-order valence-corrected chi connectivity index (χ0v) is 11.8. The molecule has 2 N–H and O–H groups in total. The van der Waals surface area contributed by atoms with Crippen molar-refractivity contribution in [1.29, 1.82) is 0 Å². The van der Waals surface area contributed by atoms with Crippen LogP contribution in [0.2, 0.25) is 0 Å². The molecule has 1 aliphatic rings. The van der Waals surface area contributed by atoms with Gasteiger partial charge in [0.05, 0.1) is 12.0 Å². The van der Waals surface area contributed by atoms with E-state index in [1.165, 1.54) is 12.1 Å². The van der Waals surface area contributed by atoms with E-state index >= 15 is 0 Å². The maximum Gasteiger partial charge on any atom is 0.229 e. The molecular weight excluding hydrogens is 259 g/mol. The van der Waals surface area contributed by atoms with Gasteiger partial charge in [0.15, 0.2) is 0 Å². The lowest BCUT2D eigenvalue weighted by atomic mass is 9.68. The summed E-state index contributed by atoms with van der Waals surface area (Å²) in [4.78, 5) is 14.0. The topological polar surface area (TPSA) is 55.6 Å².